The Hall–Kier alpha value is -1.76. The third-order valence-electron chi connectivity index (χ3n) is 4.53. The van der Waals surface area contributed by atoms with Crippen LogP contribution in [0.2, 0.25) is 0 Å². The molecule has 0 unspecified atom stereocenters. The number of aryl methyl sites for hydroxylation is 2. The highest BCUT2D eigenvalue weighted by Gasteiger charge is 2.15. The maximum absolute atomic E-state index is 6.03. The van der Waals surface area contributed by atoms with Crippen molar-refractivity contribution in [2.75, 3.05) is 0 Å². The summed E-state index contributed by atoms with van der Waals surface area (Å²) >= 11 is 0. The van der Waals surface area contributed by atoms with Gasteiger partial charge in [-0.3, -0.25) is 0 Å². The van der Waals surface area contributed by atoms with Crippen LogP contribution in [-0.2, 0) is 0 Å². The molecule has 110 valence electrons. The summed E-state index contributed by atoms with van der Waals surface area (Å²) < 4.78 is 6.03. The molecule has 21 heavy (non-hydrogen) atoms. The van der Waals surface area contributed by atoms with E-state index in [1.807, 2.05) is 0 Å². The molecule has 0 heterocycles. The first-order valence-corrected chi connectivity index (χ1v) is 8.07. The lowest BCUT2D eigenvalue weighted by atomic mass is 9.84. The van der Waals surface area contributed by atoms with Gasteiger partial charge in [0, 0.05) is 0 Å². The van der Waals surface area contributed by atoms with Crippen molar-refractivity contribution < 1.29 is 4.74 Å². The van der Waals surface area contributed by atoms with E-state index in [0.29, 0.717) is 0 Å². The summed E-state index contributed by atoms with van der Waals surface area (Å²) in [5, 5.41) is 0. The van der Waals surface area contributed by atoms with Crippen molar-refractivity contribution in [2.45, 2.75) is 51.9 Å². The fourth-order valence-corrected chi connectivity index (χ4v) is 3.19. The van der Waals surface area contributed by atoms with Crippen molar-refractivity contribution in [3.05, 3.63) is 59.2 Å². The number of hydrogen-bond acceptors (Lipinski definition) is 1. The fourth-order valence-electron chi connectivity index (χ4n) is 3.19. The Morgan fingerprint density at radius 2 is 1.57 bits per heavy atom. The third-order valence-corrected chi connectivity index (χ3v) is 4.53. The van der Waals surface area contributed by atoms with Gasteiger partial charge in [-0.15, -0.1) is 0 Å². The SMILES string of the molecule is Cc1ccc(C)c(Oc2ccc(C3CCCCC3)cc2)c1. The van der Waals surface area contributed by atoms with Crippen LogP contribution in [0, 0.1) is 13.8 Å². The zero-order chi connectivity index (χ0) is 14.7. The second-order valence-electron chi connectivity index (χ2n) is 6.27. The van der Waals surface area contributed by atoms with Crippen LogP contribution < -0.4 is 4.74 Å². The van der Waals surface area contributed by atoms with E-state index < -0.39 is 0 Å². The number of ether oxygens (including phenoxy) is 1. The molecule has 1 heteroatoms. The minimum absolute atomic E-state index is 0.758. The van der Waals surface area contributed by atoms with Crippen LogP contribution in [0.15, 0.2) is 42.5 Å². The van der Waals surface area contributed by atoms with Gasteiger partial charge in [0.15, 0.2) is 0 Å². The van der Waals surface area contributed by atoms with E-state index in [-0.39, 0.29) is 0 Å². The van der Waals surface area contributed by atoms with Gasteiger partial charge in [0.05, 0.1) is 0 Å². The van der Waals surface area contributed by atoms with Crippen LogP contribution in [-0.4, -0.2) is 0 Å². The van der Waals surface area contributed by atoms with Crippen molar-refractivity contribution in [2.24, 2.45) is 0 Å². The predicted molar refractivity (Wildman–Crippen MR) is 88.3 cm³/mol. The number of benzene rings is 2. The van der Waals surface area contributed by atoms with E-state index in [1.54, 1.807) is 0 Å². The summed E-state index contributed by atoms with van der Waals surface area (Å²) in [6.07, 6.45) is 6.86. The summed E-state index contributed by atoms with van der Waals surface area (Å²) in [7, 11) is 0. The van der Waals surface area contributed by atoms with Crippen LogP contribution in [0.3, 0.4) is 0 Å². The van der Waals surface area contributed by atoms with E-state index >= 15 is 0 Å². The molecular formula is C20H24O. The van der Waals surface area contributed by atoms with Gasteiger partial charge < -0.3 is 4.74 Å². The maximum Gasteiger partial charge on any atom is 0.130 e. The molecule has 0 amide bonds. The highest BCUT2D eigenvalue weighted by atomic mass is 16.5. The van der Waals surface area contributed by atoms with Crippen LogP contribution in [0.5, 0.6) is 11.5 Å². The van der Waals surface area contributed by atoms with Crippen molar-refractivity contribution >= 4 is 0 Å². The zero-order valence-electron chi connectivity index (χ0n) is 13.1. The first-order chi connectivity index (χ1) is 10.2. The second kappa shape index (κ2) is 6.34. The molecule has 0 N–H and O–H groups in total. The maximum atomic E-state index is 6.03. The second-order valence-corrected chi connectivity index (χ2v) is 6.27. The standard InChI is InChI=1S/C20H24O/c1-15-8-9-16(2)20(14-15)21-19-12-10-18(11-13-19)17-6-4-3-5-7-17/h8-14,17H,3-7H2,1-2H3. The molecule has 3 rings (SSSR count). The van der Waals surface area contributed by atoms with Gasteiger partial charge in [0.1, 0.15) is 11.5 Å². The van der Waals surface area contributed by atoms with Gasteiger partial charge in [0.2, 0.25) is 0 Å². The Morgan fingerprint density at radius 1 is 0.857 bits per heavy atom. The molecule has 0 saturated heterocycles. The van der Waals surface area contributed by atoms with Crippen LogP contribution in [0.25, 0.3) is 0 Å². The molecule has 0 atom stereocenters. The van der Waals surface area contributed by atoms with Gasteiger partial charge in [-0.05, 0) is 67.5 Å². The Balaban J connectivity index is 1.73. The van der Waals surface area contributed by atoms with E-state index in [2.05, 4.69) is 56.3 Å². The van der Waals surface area contributed by atoms with Gasteiger partial charge >= 0.3 is 0 Å². The van der Waals surface area contributed by atoms with E-state index in [1.165, 1.54) is 48.8 Å². The van der Waals surface area contributed by atoms with Gasteiger partial charge in [-0.2, -0.15) is 0 Å². The average Bonchev–Trinajstić information content (AvgIpc) is 2.53. The van der Waals surface area contributed by atoms with Crippen LogP contribution >= 0.6 is 0 Å². The molecule has 0 radical (unpaired) electrons. The zero-order valence-corrected chi connectivity index (χ0v) is 13.1. The fraction of sp³-hybridized carbons (Fsp3) is 0.400. The van der Waals surface area contributed by atoms with E-state index in [9.17, 15) is 0 Å². The minimum atomic E-state index is 0.758. The molecule has 1 nitrogen and oxygen atoms in total. The van der Waals surface area contributed by atoms with Crippen molar-refractivity contribution in [3.63, 3.8) is 0 Å². The quantitative estimate of drug-likeness (QED) is 0.655. The summed E-state index contributed by atoms with van der Waals surface area (Å²) in [5.74, 6) is 2.65. The molecule has 0 aliphatic heterocycles. The molecule has 1 saturated carbocycles. The van der Waals surface area contributed by atoms with Gasteiger partial charge in [0.25, 0.3) is 0 Å². The predicted octanol–water partition coefficient (Wildman–Crippen LogP) is 6.14. The largest absolute Gasteiger partial charge is 0.457 e. The summed E-state index contributed by atoms with van der Waals surface area (Å²) in [6.45, 7) is 4.18. The summed E-state index contributed by atoms with van der Waals surface area (Å²) in [4.78, 5) is 0. The average molecular weight is 280 g/mol. The highest BCUT2D eigenvalue weighted by Crippen LogP contribution is 2.34. The van der Waals surface area contributed by atoms with E-state index in [4.69, 9.17) is 4.74 Å². The molecule has 1 aliphatic rings. The molecular weight excluding hydrogens is 256 g/mol. The molecule has 0 bridgehead atoms. The Morgan fingerprint density at radius 3 is 2.29 bits per heavy atom. The lowest BCUT2D eigenvalue weighted by Gasteiger charge is -2.22. The molecule has 2 aromatic carbocycles. The van der Waals surface area contributed by atoms with Crippen molar-refractivity contribution in [3.8, 4) is 11.5 Å². The summed E-state index contributed by atoms with van der Waals surface area (Å²) in [6, 6.07) is 15.1. The van der Waals surface area contributed by atoms with Crippen LogP contribution in [0.4, 0.5) is 0 Å². The molecule has 0 spiro atoms. The molecule has 2 aromatic rings. The Bertz CT molecular complexity index is 592. The molecule has 0 aromatic heterocycles. The van der Waals surface area contributed by atoms with Crippen molar-refractivity contribution in [1.82, 2.24) is 0 Å². The third kappa shape index (κ3) is 3.47. The number of hydrogen-bond donors (Lipinski definition) is 0. The monoisotopic (exact) mass is 280 g/mol. The lowest BCUT2D eigenvalue weighted by molar-refractivity contribution is 0.442. The van der Waals surface area contributed by atoms with Crippen molar-refractivity contribution in [1.29, 1.82) is 0 Å². The topological polar surface area (TPSA) is 9.23 Å². The minimum Gasteiger partial charge on any atom is -0.457 e. The first-order valence-electron chi connectivity index (χ1n) is 8.07. The Kier molecular flexibility index (Phi) is 4.28. The highest BCUT2D eigenvalue weighted by molar-refractivity contribution is 5.40. The lowest BCUT2D eigenvalue weighted by Crippen LogP contribution is -2.04. The van der Waals surface area contributed by atoms with Gasteiger partial charge in [-0.1, -0.05) is 43.5 Å². The van der Waals surface area contributed by atoms with Gasteiger partial charge in [-0.25, -0.2) is 0 Å². The first kappa shape index (κ1) is 14.2. The molecule has 1 aliphatic carbocycles. The summed E-state index contributed by atoms with van der Waals surface area (Å²) in [5.41, 5.74) is 3.88. The van der Waals surface area contributed by atoms with E-state index in [0.717, 1.165) is 17.4 Å². The smallest absolute Gasteiger partial charge is 0.130 e. The Labute approximate surface area is 128 Å². The molecule has 1 fully saturated rings. The number of rotatable bonds is 3. The normalized spacial score (nSPS) is 15.9. The van der Waals surface area contributed by atoms with Crippen LogP contribution in [0.1, 0.15) is 54.7 Å².